The van der Waals surface area contributed by atoms with E-state index in [1.807, 2.05) is 19.4 Å². The largest absolute Gasteiger partial charge is 0.338 e. The van der Waals surface area contributed by atoms with Gasteiger partial charge < -0.3 is 9.88 Å². The molecule has 0 saturated heterocycles. The van der Waals surface area contributed by atoms with E-state index < -0.39 is 0 Å². The van der Waals surface area contributed by atoms with E-state index >= 15 is 0 Å². The number of imidazole rings is 1. The van der Waals surface area contributed by atoms with Crippen LogP contribution in [-0.4, -0.2) is 22.6 Å². The van der Waals surface area contributed by atoms with Gasteiger partial charge >= 0.3 is 0 Å². The highest BCUT2D eigenvalue weighted by atomic mass is 15.0. The summed E-state index contributed by atoms with van der Waals surface area (Å²) in [6.45, 7) is 2.01. The van der Waals surface area contributed by atoms with Crippen molar-refractivity contribution < 1.29 is 0 Å². The first kappa shape index (κ1) is 11.9. The van der Waals surface area contributed by atoms with Crippen LogP contribution in [0.5, 0.6) is 0 Å². The third-order valence-corrected chi connectivity index (χ3v) is 2.88. The molecule has 3 heteroatoms. The van der Waals surface area contributed by atoms with Crippen LogP contribution >= 0.6 is 0 Å². The van der Waals surface area contributed by atoms with Gasteiger partial charge in [0.1, 0.15) is 5.82 Å². The number of nitrogens with one attached hydrogen (secondary N) is 1. The molecule has 1 aromatic carbocycles. The lowest BCUT2D eigenvalue weighted by Gasteiger charge is -2.05. The van der Waals surface area contributed by atoms with Gasteiger partial charge in [-0.25, -0.2) is 4.98 Å². The maximum absolute atomic E-state index is 4.29. The molecule has 0 amide bonds. The summed E-state index contributed by atoms with van der Waals surface area (Å²) in [5.41, 5.74) is 1.39. The molecule has 2 aromatic rings. The van der Waals surface area contributed by atoms with E-state index in [0.717, 1.165) is 31.8 Å². The lowest BCUT2D eigenvalue weighted by atomic mass is 10.1. The predicted octanol–water partition coefficient (Wildman–Crippen LogP) is 1.79. The highest BCUT2D eigenvalue weighted by molar-refractivity contribution is 5.14. The number of rotatable bonds is 6. The van der Waals surface area contributed by atoms with E-state index in [0.29, 0.717) is 0 Å². The average Bonchev–Trinajstić information content (AvgIpc) is 2.76. The fourth-order valence-electron chi connectivity index (χ4n) is 1.84. The quantitative estimate of drug-likeness (QED) is 0.765. The van der Waals surface area contributed by atoms with E-state index in [1.54, 1.807) is 0 Å². The Morgan fingerprint density at radius 3 is 2.59 bits per heavy atom. The van der Waals surface area contributed by atoms with Crippen LogP contribution in [0.1, 0.15) is 11.4 Å². The molecule has 0 saturated carbocycles. The Balaban J connectivity index is 1.63. The second-order valence-corrected chi connectivity index (χ2v) is 4.19. The molecule has 1 aromatic heterocycles. The number of benzene rings is 1. The summed E-state index contributed by atoms with van der Waals surface area (Å²) < 4.78 is 2.07. The van der Waals surface area contributed by atoms with Crippen LogP contribution in [0.2, 0.25) is 0 Å². The minimum absolute atomic E-state index is 0.984. The van der Waals surface area contributed by atoms with Crippen molar-refractivity contribution in [3.63, 3.8) is 0 Å². The number of aryl methyl sites for hydroxylation is 1. The Labute approximate surface area is 103 Å². The zero-order chi connectivity index (χ0) is 11.9. The van der Waals surface area contributed by atoms with Gasteiger partial charge in [0.15, 0.2) is 0 Å². The van der Waals surface area contributed by atoms with Gasteiger partial charge in [-0.05, 0) is 18.5 Å². The first-order valence-corrected chi connectivity index (χ1v) is 6.07. The van der Waals surface area contributed by atoms with Gasteiger partial charge in [0, 0.05) is 32.4 Å². The second kappa shape index (κ2) is 6.21. The van der Waals surface area contributed by atoms with Crippen LogP contribution in [0.4, 0.5) is 0 Å². The van der Waals surface area contributed by atoms with Crippen molar-refractivity contribution in [2.24, 2.45) is 7.05 Å². The molecular formula is C14H19N3. The van der Waals surface area contributed by atoms with Crippen molar-refractivity contribution in [3.8, 4) is 0 Å². The van der Waals surface area contributed by atoms with Crippen molar-refractivity contribution in [2.75, 3.05) is 13.1 Å². The minimum Gasteiger partial charge on any atom is -0.338 e. The first-order chi connectivity index (χ1) is 8.36. The van der Waals surface area contributed by atoms with Gasteiger partial charge in [-0.1, -0.05) is 30.3 Å². The molecule has 0 unspecified atom stereocenters. The van der Waals surface area contributed by atoms with E-state index in [9.17, 15) is 0 Å². The highest BCUT2D eigenvalue weighted by Crippen LogP contribution is 1.98. The summed E-state index contributed by atoms with van der Waals surface area (Å²) in [6, 6.07) is 10.6. The number of hydrogen-bond acceptors (Lipinski definition) is 2. The van der Waals surface area contributed by atoms with Crippen molar-refractivity contribution in [2.45, 2.75) is 12.8 Å². The molecule has 2 rings (SSSR count). The topological polar surface area (TPSA) is 29.9 Å². The van der Waals surface area contributed by atoms with E-state index in [2.05, 4.69) is 45.2 Å². The fraction of sp³-hybridized carbons (Fsp3) is 0.357. The summed E-state index contributed by atoms with van der Waals surface area (Å²) in [6.07, 6.45) is 5.90. The second-order valence-electron chi connectivity index (χ2n) is 4.19. The molecule has 17 heavy (non-hydrogen) atoms. The normalized spacial score (nSPS) is 10.6. The Morgan fingerprint density at radius 1 is 1.12 bits per heavy atom. The van der Waals surface area contributed by atoms with Crippen molar-refractivity contribution in [1.82, 2.24) is 14.9 Å². The van der Waals surface area contributed by atoms with Gasteiger partial charge in [0.05, 0.1) is 0 Å². The molecule has 1 heterocycles. The predicted molar refractivity (Wildman–Crippen MR) is 69.9 cm³/mol. The van der Waals surface area contributed by atoms with Crippen molar-refractivity contribution in [1.29, 1.82) is 0 Å². The third kappa shape index (κ3) is 3.71. The molecule has 3 nitrogen and oxygen atoms in total. The summed E-state index contributed by atoms with van der Waals surface area (Å²) >= 11 is 0. The molecule has 90 valence electrons. The van der Waals surface area contributed by atoms with Crippen LogP contribution in [0.15, 0.2) is 42.7 Å². The van der Waals surface area contributed by atoms with Crippen LogP contribution in [0.25, 0.3) is 0 Å². The maximum atomic E-state index is 4.29. The molecular weight excluding hydrogens is 210 g/mol. The van der Waals surface area contributed by atoms with Crippen LogP contribution < -0.4 is 5.32 Å². The third-order valence-electron chi connectivity index (χ3n) is 2.88. The Morgan fingerprint density at radius 2 is 1.88 bits per heavy atom. The molecule has 0 aliphatic heterocycles. The van der Waals surface area contributed by atoms with Crippen LogP contribution in [0.3, 0.4) is 0 Å². The van der Waals surface area contributed by atoms with E-state index in [4.69, 9.17) is 0 Å². The van der Waals surface area contributed by atoms with Gasteiger partial charge in [0.2, 0.25) is 0 Å². The number of hydrogen-bond donors (Lipinski definition) is 1. The lowest BCUT2D eigenvalue weighted by molar-refractivity contribution is 0.653. The molecule has 0 atom stereocenters. The summed E-state index contributed by atoms with van der Waals surface area (Å²) in [5, 5.41) is 3.45. The standard InChI is InChI=1S/C14H19N3/c1-17-12-11-16-14(17)8-10-15-9-7-13-5-3-2-4-6-13/h2-6,11-12,15H,7-10H2,1H3. The highest BCUT2D eigenvalue weighted by Gasteiger charge is 1.98. The number of aromatic nitrogens is 2. The van der Waals surface area contributed by atoms with Gasteiger partial charge in [-0.2, -0.15) is 0 Å². The molecule has 0 fully saturated rings. The Hall–Kier alpha value is -1.61. The maximum Gasteiger partial charge on any atom is 0.109 e. The van der Waals surface area contributed by atoms with E-state index in [1.165, 1.54) is 5.56 Å². The molecule has 0 aliphatic rings. The zero-order valence-electron chi connectivity index (χ0n) is 10.3. The summed E-state index contributed by atoms with van der Waals surface area (Å²) in [5.74, 6) is 1.14. The van der Waals surface area contributed by atoms with Crippen LogP contribution in [-0.2, 0) is 19.9 Å². The first-order valence-electron chi connectivity index (χ1n) is 6.07. The molecule has 0 radical (unpaired) electrons. The SMILES string of the molecule is Cn1ccnc1CCNCCc1ccccc1. The molecule has 0 spiro atoms. The Bertz CT molecular complexity index is 434. The van der Waals surface area contributed by atoms with Gasteiger partial charge in [-0.3, -0.25) is 0 Å². The molecule has 0 bridgehead atoms. The van der Waals surface area contributed by atoms with Crippen molar-refractivity contribution in [3.05, 3.63) is 54.1 Å². The summed E-state index contributed by atoms with van der Waals surface area (Å²) in [4.78, 5) is 4.29. The minimum atomic E-state index is 0.984. The lowest BCUT2D eigenvalue weighted by Crippen LogP contribution is -2.21. The molecule has 1 N–H and O–H groups in total. The van der Waals surface area contributed by atoms with Gasteiger partial charge in [0.25, 0.3) is 0 Å². The number of nitrogens with zero attached hydrogens (tertiary/aromatic N) is 2. The molecule has 0 aliphatic carbocycles. The Kier molecular flexibility index (Phi) is 4.33. The fourth-order valence-corrected chi connectivity index (χ4v) is 1.84. The van der Waals surface area contributed by atoms with Gasteiger partial charge in [-0.15, -0.1) is 0 Å². The average molecular weight is 229 g/mol. The smallest absolute Gasteiger partial charge is 0.109 e. The monoisotopic (exact) mass is 229 g/mol. The van der Waals surface area contributed by atoms with Crippen molar-refractivity contribution >= 4 is 0 Å². The van der Waals surface area contributed by atoms with Crippen LogP contribution in [0, 0.1) is 0 Å². The summed E-state index contributed by atoms with van der Waals surface area (Å²) in [7, 11) is 2.03. The van der Waals surface area contributed by atoms with E-state index in [-0.39, 0.29) is 0 Å². The zero-order valence-corrected chi connectivity index (χ0v) is 10.3.